The number of fused-ring (bicyclic) bond motifs is 3. The lowest BCUT2D eigenvalue weighted by Gasteiger charge is -2.19. The normalized spacial score (nSPS) is 14.5. The number of alkyl halides is 3. The molecule has 1 aromatic carbocycles. The van der Waals surface area contributed by atoms with Gasteiger partial charge in [0.1, 0.15) is 5.82 Å². The van der Waals surface area contributed by atoms with Crippen molar-refractivity contribution in [3.63, 3.8) is 0 Å². The first-order valence-electron chi connectivity index (χ1n) is 9.84. The van der Waals surface area contributed by atoms with Crippen LogP contribution in [-0.2, 0) is 21.0 Å². The van der Waals surface area contributed by atoms with Gasteiger partial charge in [-0.15, -0.1) is 10.2 Å². The maximum Gasteiger partial charge on any atom is 0.433 e. The third kappa shape index (κ3) is 3.71. The van der Waals surface area contributed by atoms with Gasteiger partial charge in [-0.2, -0.15) is 13.2 Å². The topological polar surface area (TPSA) is 127 Å². The molecule has 3 aromatic heterocycles. The van der Waals surface area contributed by atoms with E-state index >= 15 is 0 Å². The fourth-order valence-electron chi connectivity index (χ4n) is 3.64. The maximum atomic E-state index is 14.0. The summed E-state index contributed by atoms with van der Waals surface area (Å²) >= 11 is 0. The minimum absolute atomic E-state index is 0.0346. The smallest absolute Gasteiger partial charge is 0.320 e. The van der Waals surface area contributed by atoms with Gasteiger partial charge in [0.2, 0.25) is 5.65 Å². The van der Waals surface area contributed by atoms with E-state index in [-0.39, 0.29) is 34.9 Å². The van der Waals surface area contributed by atoms with E-state index in [0.717, 1.165) is 10.5 Å². The molecular weight excluding hydrogens is 464 g/mol. The zero-order chi connectivity index (χ0) is 24.1. The molecule has 2 atom stereocenters. The van der Waals surface area contributed by atoms with Crippen molar-refractivity contribution in [2.75, 3.05) is 6.61 Å². The molecule has 174 valence electrons. The zero-order valence-corrected chi connectivity index (χ0v) is 18.6. The molecule has 2 unspecified atom stereocenters. The highest BCUT2D eigenvalue weighted by Gasteiger charge is 2.46. The monoisotopic (exact) mass is 483 g/mol. The average Bonchev–Trinajstić information content (AvgIpc) is 3.41. The molecule has 2 N–H and O–H groups in total. The highest BCUT2D eigenvalue weighted by Crippen LogP contribution is 2.38. The van der Waals surface area contributed by atoms with Crippen molar-refractivity contribution in [2.45, 2.75) is 38.4 Å². The van der Waals surface area contributed by atoms with E-state index < -0.39 is 37.1 Å². The van der Waals surface area contributed by atoms with E-state index in [2.05, 4.69) is 20.2 Å². The number of nitrogens with zero attached hydrogens (tertiary/aromatic N) is 5. The van der Waals surface area contributed by atoms with Crippen LogP contribution in [0.3, 0.4) is 0 Å². The van der Waals surface area contributed by atoms with Gasteiger partial charge in [0, 0.05) is 18.3 Å². The predicted octanol–water partition coefficient (Wildman–Crippen LogP) is 3.06. The minimum atomic E-state index is -4.76. The molecule has 0 fully saturated rings. The van der Waals surface area contributed by atoms with Crippen LogP contribution >= 0.6 is 8.46 Å². The number of imidazole rings is 1. The van der Waals surface area contributed by atoms with Gasteiger partial charge in [-0.3, -0.25) is 9.20 Å². The van der Waals surface area contributed by atoms with Gasteiger partial charge >= 0.3 is 20.2 Å². The van der Waals surface area contributed by atoms with Crippen LogP contribution in [-0.4, -0.2) is 40.8 Å². The minimum Gasteiger partial charge on any atom is -0.320 e. The second-order valence-electron chi connectivity index (χ2n) is 7.51. The van der Waals surface area contributed by atoms with E-state index in [4.69, 9.17) is 4.74 Å². The summed E-state index contributed by atoms with van der Waals surface area (Å²) in [7, 11) is -1.45. The molecule has 10 nitrogen and oxygen atoms in total. The molecule has 0 saturated carbocycles. The Bertz CT molecular complexity index is 1430. The van der Waals surface area contributed by atoms with Gasteiger partial charge in [0.15, 0.2) is 0 Å². The Kier molecular flexibility index (Phi) is 5.59. The molecular formula is C19H19F3N6O4P+. The Morgan fingerprint density at radius 1 is 1.27 bits per heavy atom. The Balaban J connectivity index is 2.17. The molecule has 0 saturated heterocycles. The first-order valence-corrected chi connectivity index (χ1v) is 10.7. The van der Waals surface area contributed by atoms with E-state index in [0.29, 0.717) is 5.82 Å². The van der Waals surface area contributed by atoms with Crippen molar-refractivity contribution in [1.29, 1.82) is 0 Å². The summed E-state index contributed by atoms with van der Waals surface area (Å²) in [6, 6.07) is 1.97. The van der Waals surface area contributed by atoms with E-state index in [1.807, 2.05) is 0 Å². The Morgan fingerprint density at radius 3 is 2.61 bits per heavy atom. The summed E-state index contributed by atoms with van der Waals surface area (Å²) < 4.78 is 61.4. The highest BCUT2D eigenvalue weighted by atomic mass is 31.1. The number of hydrogen-bond acceptors (Lipinski definition) is 7. The van der Waals surface area contributed by atoms with Gasteiger partial charge in [-0.05, 0) is 19.1 Å². The number of aromatic nitrogens is 6. The van der Waals surface area contributed by atoms with Gasteiger partial charge in [0.25, 0.3) is 11.4 Å². The van der Waals surface area contributed by atoms with Crippen LogP contribution < -0.4 is 5.56 Å². The number of hydrogen-bond donors (Lipinski definition) is 2. The number of rotatable bonds is 6. The summed E-state index contributed by atoms with van der Waals surface area (Å²) in [5, 5.41) is 18.2. The quantitative estimate of drug-likeness (QED) is 0.319. The molecule has 0 radical (unpaired) electrons. The van der Waals surface area contributed by atoms with Crippen LogP contribution in [0.2, 0.25) is 0 Å². The summed E-state index contributed by atoms with van der Waals surface area (Å²) in [4.78, 5) is 19.1. The molecule has 0 amide bonds. The fourth-order valence-corrected chi connectivity index (χ4v) is 4.10. The van der Waals surface area contributed by atoms with Crippen LogP contribution in [0.15, 0.2) is 29.3 Å². The molecule has 4 aromatic rings. The van der Waals surface area contributed by atoms with Gasteiger partial charge in [0.05, 0.1) is 28.9 Å². The van der Waals surface area contributed by atoms with Crippen LogP contribution in [0.1, 0.15) is 43.9 Å². The van der Waals surface area contributed by atoms with E-state index in [1.54, 1.807) is 20.8 Å². The van der Waals surface area contributed by atoms with E-state index in [1.165, 1.54) is 23.0 Å². The maximum absolute atomic E-state index is 14.0. The van der Waals surface area contributed by atoms with Crippen molar-refractivity contribution >= 4 is 25.1 Å². The SMILES string of the molecule is CCOC(O)([PH+]=O)c1nnc2c(=O)[nH]c3cc(C(F)(F)F)c(-n4ccnc4C(C)C)cc3n12. The van der Waals surface area contributed by atoms with Gasteiger partial charge in [-0.25, -0.2) is 4.98 Å². The first-order chi connectivity index (χ1) is 15.5. The van der Waals surface area contributed by atoms with Crippen LogP contribution in [0.5, 0.6) is 0 Å². The number of nitrogens with one attached hydrogen (secondary N) is 1. The van der Waals surface area contributed by atoms with Crippen LogP contribution in [0.25, 0.3) is 22.4 Å². The summed E-state index contributed by atoms with van der Waals surface area (Å²) in [6.45, 7) is 5.06. The second-order valence-corrected chi connectivity index (χ2v) is 8.39. The second kappa shape index (κ2) is 8.01. The zero-order valence-electron chi connectivity index (χ0n) is 17.6. The van der Waals surface area contributed by atoms with Crippen molar-refractivity contribution in [2.24, 2.45) is 0 Å². The van der Waals surface area contributed by atoms with Crippen molar-refractivity contribution in [3.8, 4) is 5.69 Å². The summed E-state index contributed by atoms with van der Waals surface area (Å²) in [5.74, 6) is -0.205. The Hall–Kier alpha value is -3.15. The molecule has 0 aliphatic heterocycles. The van der Waals surface area contributed by atoms with Crippen molar-refractivity contribution in [3.05, 3.63) is 52.1 Å². The number of benzene rings is 1. The lowest BCUT2D eigenvalue weighted by molar-refractivity contribution is -0.143. The molecule has 3 heterocycles. The summed E-state index contributed by atoms with van der Waals surface area (Å²) in [6.07, 6.45) is -1.97. The first kappa shape index (κ1) is 23.0. The molecule has 4 rings (SSSR count). The molecule has 0 bridgehead atoms. The molecule has 33 heavy (non-hydrogen) atoms. The molecule has 0 spiro atoms. The summed E-state index contributed by atoms with van der Waals surface area (Å²) in [5.41, 5.74) is -5.00. The molecule has 14 heteroatoms. The third-order valence-electron chi connectivity index (χ3n) is 5.01. The molecule has 0 aliphatic rings. The number of ether oxygens (including phenoxy) is 1. The predicted molar refractivity (Wildman–Crippen MR) is 112 cm³/mol. The number of H-pyrrole nitrogens is 1. The Morgan fingerprint density at radius 2 is 2.00 bits per heavy atom. The Labute approximate surface area is 185 Å². The number of aliphatic hydroxyl groups is 1. The van der Waals surface area contributed by atoms with E-state index in [9.17, 15) is 27.6 Å². The average molecular weight is 483 g/mol. The fraction of sp³-hybridized carbons (Fsp3) is 0.368. The van der Waals surface area contributed by atoms with Crippen LogP contribution in [0.4, 0.5) is 13.2 Å². The van der Waals surface area contributed by atoms with Crippen LogP contribution in [0, 0.1) is 0 Å². The molecule has 0 aliphatic carbocycles. The standard InChI is InChI=1S/C19H18F3N6O4P/c1-4-32-19(30,33-31)17-26-25-15-16(29)24-11-7-10(18(20,21)22)12(8-13(11)28(15)17)27-6-5-23-14(27)9(2)3/h5-9,30H,4H2,1-3H3,(H,24,29)/p+1. The lowest BCUT2D eigenvalue weighted by atomic mass is 10.1. The highest BCUT2D eigenvalue weighted by molar-refractivity contribution is 7.24. The largest absolute Gasteiger partial charge is 0.433 e. The number of aromatic amines is 1. The third-order valence-corrected chi connectivity index (χ3v) is 5.66. The van der Waals surface area contributed by atoms with Gasteiger partial charge < -0.3 is 19.4 Å². The van der Waals surface area contributed by atoms with Crippen molar-refractivity contribution < 1.29 is 27.6 Å². The van der Waals surface area contributed by atoms with Gasteiger partial charge in [-0.1, -0.05) is 18.4 Å². The lowest BCUT2D eigenvalue weighted by Crippen LogP contribution is -2.26. The van der Waals surface area contributed by atoms with Crippen molar-refractivity contribution in [1.82, 2.24) is 29.1 Å². The number of halogens is 3.